The van der Waals surface area contributed by atoms with Gasteiger partial charge in [-0.2, -0.15) is 0 Å². The highest BCUT2D eigenvalue weighted by Crippen LogP contribution is 2.31. The SMILES string of the molecule is CC1(c2ccc(F)cc2)CC(F)CN1.Cl. The van der Waals surface area contributed by atoms with Crippen LogP contribution in [0.2, 0.25) is 0 Å². The van der Waals surface area contributed by atoms with E-state index in [4.69, 9.17) is 0 Å². The van der Waals surface area contributed by atoms with Gasteiger partial charge in [-0.05, 0) is 24.6 Å². The maximum Gasteiger partial charge on any atom is 0.123 e. The van der Waals surface area contributed by atoms with Crippen molar-refractivity contribution >= 4 is 12.4 Å². The van der Waals surface area contributed by atoms with Gasteiger partial charge in [0.15, 0.2) is 0 Å². The fraction of sp³-hybridized carbons (Fsp3) is 0.455. The van der Waals surface area contributed by atoms with Crippen LogP contribution in [-0.4, -0.2) is 12.7 Å². The molecule has 1 fully saturated rings. The molecule has 15 heavy (non-hydrogen) atoms. The molecule has 1 nitrogen and oxygen atoms in total. The lowest BCUT2D eigenvalue weighted by Crippen LogP contribution is -2.32. The van der Waals surface area contributed by atoms with E-state index in [0.29, 0.717) is 13.0 Å². The summed E-state index contributed by atoms with van der Waals surface area (Å²) < 4.78 is 25.7. The minimum atomic E-state index is -0.801. The van der Waals surface area contributed by atoms with E-state index in [9.17, 15) is 8.78 Å². The summed E-state index contributed by atoms with van der Waals surface area (Å²) in [6, 6.07) is 6.24. The summed E-state index contributed by atoms with van der Waals surface area (Å²) in [5.74, 6) is -0.257. The highest BCUT2D eigenvalue weighted by atomic mass is 35.5. The first-order valence-electron chi connectivity index (χ1n) is 4.75. The maximum atomic E-state index is 13.0. The van der Waals surface area contributed by atoms with Crippen LogP contribution in [0, 0.1) is 5.82 Å². The second-order valence-electron chi connectivity index (χ2n) is 4.02. The Hall–Kier alpha value is -0.670. The van der Waals surface area contributed by atoms with Crippen molar-refractivity contribution < 1.29 is 8.78 Å². The molecular weight excluding hydrogens is 220 g/mol. The summed E-state index contributed by atoms with van der Waals surface area (Å²) in [7, 11) is 0. The molecule has 0 aromatic heterocycles. The zero-order valence-corrected chi connectivity index (χ0v) is 9.28. The first-order chi connectivity index (χ1) is 6.60. The van der Waals surface area contributed by atoms with E-state index in [0.717, 1.165) is 5.56 Å². The van der Waals surface area contributed by atoms with Crippen LogP contribution in [0.15, 0.2) is 24.3 Å². The van der Waals surface area contributed by atoms with Crippen LogP contribution >= 0.6 is 12.4 Å². The van der Waals surface area contributed by atoms with Gasteiger partial charge in [-0.3, -0.25) is 0 Å². The van der Waals surface area contributed by atoms with E-state index in [-0.39, 0.29) is 23.8 Å². The molecular formula is C11H14ClF2N. The van der Waals surface area contributed by atoms with Crippen molar-refractivity contribution in [2.45, 2.75) is 25.1 Å². The van der Waals surface area contributed by atoms with Gasteiger partial charge in [0.05, 0.1) is 0 Å². The summed E-state index contributed by atoms with van der Waals surface area (Å²) in [5, 5.41) is 3.12. The third-order valence-electron chi connectivity index (χ3n) is 2.82. The van der Waals surface area contributed by atoms with Crippen molar-refractivity contribution in [3.8, 4) is 0 Å². The van der Waals surface area contributed by atoms with E-state index in [1.807, 2.05) is 6.92 Å². The minimum absolute atomic E-state index is 0. The molecule has 0 bridgehead atoms. The van der Waals surface area contributed by atoms with E-state index in [1.165, 1.54) is 12.1 Å². The average Bonchev–Trinajstić information content (AvgIpc) is 2.48. The predicted molar refractivity (Wildman–Crippen MR) is 58.5 cm³/mol. The average molecular weight is 234 g/mol. The molecule has 0 aliphatic carbocycles. The van der Waals surface area contributed by atoms with Crippen LogP contribution in [0.25, 0.3) is 0 Å². The Morgan fingerprint density at radius 1 is 1.33 bits per heavy atom. The highest BCUT2D eigenvalue weighted by Gasteiger charge is 2.35. The molecule has 1 aromatic rings. The second-order valence-corrected chi connectivity index (χ2v) is 4.02. The van der Waals surface area contributed by atoms with Gasteiger partial charge in [0.1, 0.15) is 12.0 Å². The summed E-state index contributed by atoms with van der Waals surface area (Å²) in [6.45, 7) is 2.33. The molecule has 0 radical (unpaired) electrons. The summed E-state index contributed by atoms with van der Waals surface area (Å²) in [5.41, 5.74) is 0.603. The smallest absolute Gasteiger partial charge is 0.123 e. The number of hydrogen-bond donors (Lipinski definition) is 1. The number of nitrogens with one attached hydrogen (secondary N) is 1. The van der Waals surface area contributed by atoms with Gasteiger partial charge < -0.3 is 5.32 Å². The molecule has 84 valence electrons. The molecule has 1 aliphatic heterocycles. The first-order valence-corrected chi connectivity index (χ1v) is 4.75. The van der Waals surface area contributed by atoms with E-state index in [2.05, 4.69) is 5.32 Å². The Bertz CT molecular complexity index is 328. The van der Waals surface area contributed by atoms with Crippen molar-refractivity contribution in [1.29, 1.82) is 0 Å². The Balaban J connectivity index is 0.00000112. The van der Waals surface area contributed by atoms with Crippen LogP contribution in [0.5, 0.6) is 0 Å². The van der Waals surface area contributed by atoms with E-state index >= 15 is 0 Å². The lowest BCUT2D eigenvalue weighted by atomic mass is 9.90. The van der Waals surface area contributed by atoms with Crippen molar-refractivity contribution in [3.63, 3.8) is 0 Å². The largest absolute Gasteiger partial charge is 0.305 e. The van der Waals surface area contributed by atoms with Gasteiger partial charge in [0, 0.05) is 18.5 Å². The molecule has 0 spiro atoms. The quantitative estimate of drug-likeness (QED) is 0.787. The molecule has 0 saturated carbocycles. The summed E-state index contributed by atoms with van der Waals surface area (Å²) >= 11 is 0. The molecule has 1 saturated heterocycles. The Morgan fingerprint density at radius 3 is 2.40 bits per heavy atom. The van der Waals surface area contributed by atoms with Crippen LogP contribution in [0.4, 0.5) is 8.78 Å². The normalized spacial score (nSPS) is 29.9. The Kier molecular flexibility index (Phi) is 3.68. The molecule has 1 aromatic carbocycles. The van der Waals surface area contributed by atoms with Gasteiger partial charge >= 0.3 is 0 Å². The number of halogens is 3. The zero-order valence-electron chi connectivity index (χ0n) is 8.47. The fourth-order valence-electron chi connectivity index (χ4n) is 1.96. The standard InChI is InChI=1S/C11H13F2N.ClH/c1-11(6-10(13)7-14-11)8-2-4-9(12)5-3-8;/h2-5,10,14H,6-7H2,1H3;1H. The lowest BCUT2D eigenvalue weighted by Gasteiger charge is -2.24. The van der Waals surface area contributed by atoms with Crippen molar-refractivity contribution in [2.75, 3.05) is 6.54 Å². The van der Waals surface area contributed by atoms with Crippen molar-refractivity contribution in [3.05, 3.63) is 35.6 Å². The topological polar surface area (TPSA) is 12.0 Å². The Labute approximate surface area is 94.3 Å². The molecule has 2 rings (SSSR count). The number of alkyl halides is 1. The molecule has 0 amide bonds. The van der Waals surface area contributed by atoms with Gasteiger partial charge in [-0.25, -0.2) is 8.78 Å². The van der Waals surface area contributed by atoms with Gasteiger partial charge in [-0.1, -0.05) is 12.1 Å². The number of benzene rings is 1. The highest BCUT2D eigenvalue weighted by molar-refractivity contribution is 5.85. The molecule has 1 heterocycles. The van der Waals surface area contributed by atoms with Gasteiger partial charge in [-0.15, -0.1) is 12.4 Å². The monoisotopic (exact) mass is 233 g/mol. The summed E-state index contributed by atoms with van der Waals surface area (Å²) in [6.07, 6.45) is -0.344. The fourth-order valence-corrected chi connectivity index (χ4v) is 1.96. The molecule has 1 N–H and O–H groups in total. The number of hydrogen-bond acceptors (Lipinski definition) is 1. The summed E-state index contributed by atoms with van der Waals surface area (Å²) in [4.78, 5) is 0. The lowest BCUT2D eigenvalue weighted by molar-refractivity contribution is 0.333. The maximum absolute atomic E-state index is 13.0. The first kappa shape index (κ1) is 12.4. The van der Waals surface area contributed by atoms with Crippen LogP contribution < -0.4 is 5.32 Å². The van der Waals surface area contributed by atoms with Gasteiger partial charge in [0.2, 0.25) is 0 Å². The third kappa shape index (κ3) is 2.47. The third-order valence-corrected chi connectivity index (χ3v) is 2.82. The zero-order chi connectivity index (χ0) is 10.2. The van der Waals surface area contributed by atoms with Crippen LogP contribution in [0.3, 0.4) is 0 Å². The molecule has 2 unspecified atom stereocenters. The molecule has 1 aliphatic rings. The second kappa shape index (κ2) is 4.45. The van der Waals surface area contributed by atoms with Crippen molar-refractivity contribution in [1.82, 2.24) is 5.32 Å². The predicted octanol–water partition coefficient (Wildman–Crippen LogP) is 2.79. The molecule has 2 atom stereocenters. The number of rotatable bonds is 1. The van der Waals surface area contributed by atoms with Gasteiger partial charge in [0.25, 0.3) is 0 Å². The van der Waals surface area contributed by atoms with E-state index < -0.39 is 6.17 Å². The van der Waals surface area contributed by atoms with Crippen molar-refractivity contribution in [2.24, 2.45) is 0 Å². The molecule has 4 heteroatoms. The Morgan fingerprint density at radius 2 is 1.93 bits per heavy atom. The van der Waals surface area contributed by atoms with Crippen LogP contribution in [0.1, 0.15) is 18.9 Å². The van der Waals surface area contributed by atoms with E-state index in [1.54, 1.807) is 12.1 Å². The van der Waals surface area contributed by atoms with Crippen LogP contribution in [-0.2, 0) is 5.54 Å². The minimum Gasteiger partial charge on any atom is -0.305 e.